The van der Waals surface area contributed by atoms with Crippen molar-refractivity contribution < 1.29 is 4.52 Å². The van der Waals surface area contributed by atoms with Crippen molar-refractivity contribution in [1.82, 2.24) is 10.1 Å². The van der Waals surface area contributed by atoms with Gasteiger partial charge < -0.3 is 10.3 Å². The van der Waals surface area contributed by atoms with Gasteiger partial charge in [0.15, 0.2) is 5.82 Å². The van der Waals surface area contributed by atoms with E-state index >= 15 is 0 Å². The van der Waals surface area contributed by atoms with Gasteiger partial charge in [-0.25, -0.2) is 0 Å². The normalized spacial score (nSPS) is 10.7. The Labute approximate surface area is 117 Å². The van der Waals surface area contributed by atoms with E-state index in [-0.39, 0.29) is 0 Å². The van der Waals surface area contributed by atoms with Crippen molar-refractivity contribution in [3.05, 3.63) is 65.5 Å². The third kappa shape index (κ3) is 2.54. The van der Waals surface area contributed by atoms with Gasteiger partial charge in [-0.3, -0.25) is 0 Å². The molecule has 0 aliphatic carbocycles. The molecule has 1 heterocycles. The van der Waals surface area contributed by atoms with Crippen LogP contribution in [0, 0.1) is 6.92 Å². The quantitative estimate of drug-likeness (QED) is 0.738. The summed E-state index contributed by atoms with van der Waals surface area (Å²) in [5.74, 6) is 1.13. The molecular formula is C16H15N3O. The molecule has 3 rings (SSSR count). The molecule has 20 heavy (non-hydrogen) atoms. The van der Waals surface area contributed by atoms with Crippen molar-refractivity contribution in [2.45, 2.75) is 13.3 Å². The Balaban J connectivity index is 1.88. The van der Waals surface area contributed by atoms with Crippen LogP contribution < -0.4 is 5.73 Å². The lowest BCUT2D eigenvalue weighted by Gasteiger charge is -2.01. The van der Waals surface area contributed by atoms with Crippen LogP contribution in [0.5, 0.6) is 0 Å². The summed E-state index contributed by atoms with van der Waals surface area (Å²) in [5, 5.41) is 4.02. The second-order valence-electron chi connectivity index (χ2n) is 4.77. The monoisotopic (exact) mass is 265 g/mol. The summed E-state index contributed by atoms with van der Waals surface area (Å²) >= 11 is 0. The Morgan fingerprint density at radius 1 is 1.10 bits per heavy atom. The van der Waals surface area contributed by atoms with Crippen LogP contribution in [-0.2, 0) is 6.42 Å². The summed E-state index contributed by atoms with van der Waals surface area (Å²) in [4.78, 5) is 4.42. The maximum atomic E-state index is 5.96. The first kappa shape index (κ1) is 12.4. The Bertz CT molecular complexity index is 720. The zero-order valence-corrected chi connectivity index (χ0v) is 11.2. The minimum Gasteiger partial charge on any atom is -0.398 e. The van der Waals surface area contributed by atoms with Crippen molar-refractivity contribution in [3.8, 4) is 11.5 Å². The SMILES string of the molecule is Cc1ccc(N)c(-c2nc(Cc3ccccc3)no2)c1. The van der Waals surface area contributed by atoms with Crippen LogP contribution in [0.15, 0.2) is 53.1 Å². The number of rotatable bonds is 3. The Morgan fingerprint density at radius 2 is 1.90 bits per heavy atom. The van der Waals surface area contributed by atoms with E-state index in [0.29, 0.717) is 23.8 Å². The molecule has 3 aromatic rings. The number of aromatic nitrogens is 2. The van der Waals surface area contributed by atoms with Crippen LogP contribution in [0.2, 0.25) is 0 Å². The number of aryl methyl sites for hydroxylation is 1. The Kier molecular flexibility index (Phi) is 3.21. The van der Waals surface area contributed by atoms with E-state index in [2.05, 4.69) is 10.1 Å². The highest BCUT2D eigenvalue weighted by molar-refractivity contribution is 5.70. The van der Waals surface area contributed by atoms with Crippen LogP contribution in [0.1, 0.15) is 17.0 Å². The molecule has 0 radical (unpaired) electrons. The van der Waals surface area contributed by atoms with Gasteiger partial charge >= 0.3 is 0 Å². The standard InChI is InChI=1S/C16H15N3O/c1-11-7-8-14(17)13(9-11)16-18-15(19-20-16)10-12-5-3-2-4-6-12/h2-9H,10,17H2,1H3. The van der Waals surface area contributed by atoms with Gasteiger partial charge in [-0.05, 0) is 24.6 Å². The lowest BCUT2D eigenvalue weighted by Crippen LogP contribution is -1.92. The molecule has 0 spiro atoms. The molecular weight excluding hydrogens is 250 g/mol. The maximum absolute atomic E-state index is 5.96. The van der Waals surface area contributed by atoms with E-state index in [4.69, 9.17) is 10.3 Å². The zero-order valence-electron chi connectivity index (χ0n) is 11.2. The number of nitrogen functional groups attached to an aromatic ring is 1. The molecule has 0 saturated carbocycles. The lowest BCUT2D eigenvalue weighted by molar-refractivity contribution is 0.424. The van der Waals surface area contributed by atoms with Crippen molar-refractivity contribution in [2.75, 3.05) is 5.73 Å². The number of anilines is 1. The molecule has 0 aliphatic rings. The summed E-state index contributed by atoms with van der Waals surface area (Å²) in [5.41, 5.74) is 9.65. The Morgan fingerprint density at radius 3 is 2.70 bits per heavy atom. The number of benzene rings is 2. The van der Waals surface area contributed by atoms with Gasteiger partial charge in [0, 0.05) is 12.1 Å². The molecule has 4 nitrogen and oxygen atoms in total. The molecule has 2 N–H and O–H groups in total. The predicted molar refractivity (Wildman–Crippen MR) is 78.1 cm³/mol. The van der Waals surface area contributed by atoms with Crippen LogP contribution >= 0.6 is 0 Å². The van der Waals surface area contributed by atoms with E-state index in [1.54, 1.807) is 0 Å². The van der Waals surface area contributed by atoms with Gasteiger partial charge in [0.05, 0.1) is 5.56 Å². The highest BCUT2D eigenvalue weighted by Gasteiger charge is 2.12. The van der Waals surface area contributed by atoms with E-state index in [0.717, 1.165) is 16.7 Å². The van der Waals surface area contributed by atoms with Crippen molar-refractivity contribution in [3.63, 3.8) is 0 Å². The minimum atomic E-state index is 0.470. The van der Waals surface area contributed by atoms with Gasteiger partial charge in [-0.2, -0.15) is 4.98 Å². The van der Waals surface area contributed by atoms with Gasteiger partial charge in [0.1, 0.15) is 0 Å². The maximum Gasteiger partial charge on any atom is 0.260 e. The van der Waals surface area contributed by atoms with E-state index in [1.807, 2.05) is 55.5 Å². The fraction of sp³-hybridized carbons (Fsp3) is 0.125. The lowest BCUT2D eigenvalue weighted by atomic mass is 10.1. The fourth-order valence-electron chi connectivity index (χ4n) is 2.07. The van der Waals surface area contributed by atoms with Gasteiger partial charge in [-0.15, -0.1) is 0 Å². The minimum absolute atomic E-state index is 0.470. The summed E-state index contributed by atoms with van der Waals surface area (Å²) < 4.78 is 5.32. The van der Waals surface area contributed by atoms with Gasteiger partial charge in [0.25, 0.3) is 5.89 Å². The van der Waals surface area contributed by atoms with Gasteiger partial charge in [-0.1, -0.05) is 47.1 Å². The number of nitrogens with zero attached hydrogens (tertiary/aromatic N) is 2. The second-order valence-corrected chi connectivity index (χ2v) is 4.77. The van der Waals surface area contributed by atoms with E-state index < -0.39 is 0 Å². The summed E-state index contributed by atoms with van der Waals surface area (Å²) in [7, 11) is 0. The average Bonchev–Trinajstić information content (AvgIpc) is 2.91. The number of hydrogen-bond acceptors (Lipinski definition) is 4. The number of hydrogen-bond donors (Lipinski definition) is 1. The fourth-order valence-corrected chi connectivity index (χ4v) is 2.07. The third-order valence-corrected chi connectivity index (χ3v) is 3.11. The molecule has 0 unspecified atom stereocenters. The Hall–Kier alpha value is -2.62. The zero-order chi connectivity index (χ0) is 13.9. The highest BCUT2D eigenvalue weighted by atomic mass is 16.5. The first-order valence-electron chi connectivity index (χ1n) is 6.45. The smallest absolute Gasteiger partial charge is 0.260 e. The molecule has 2 aromatic carbocycles. The average molecular weight is 265 g/mol. The van der Waals surface area contributed by atoms with Crippen molar-refractivity contribution >= 4 is 5.69 Å². The molecule has 0 atom stereocenters. The van der Waals surface area contributed by atoms with Crippen LogP contribution in [0.3, 0.4) is 0 Å². The molecule has 0 aliphatic heterocycles. The molecule has 1 aromatic heterocycles. The topological polar surface area (TPSA) is 64.9 Å². The summed E-state index contributed by atoms with van der Waals surface area (Å²) in [6, 6.07) is 15.8. The van der Waals surface area contributed by atoms with Gasteiger partial charge in [0.2, 0.25) is 0 Å². The third-order valence-electron chi connectivity index (χ3n) is 3.11. The largest absolute Gasteiger partial charge is 0.398 e. The first-order chi connectivity index (χ1) is 9.72. The van der Waals surface area contributed by atoms with Crippen LogP contribution in [0.25, 0.3) is 11.5 Å². The first-order valence-corrected chi connectivity index (χ1v) is 6.45. The molecule has 0 saturated heterocycles. The van der Waals surface area contributed by atoms with E-state index in [1.165, 1.54) is 0 Å². The summed E-state index contributed by atoms with van der Waals surface area (Å²) in [6.07, 6.45) is 0.649. The molecule has 0 bridgehead atoms. The summed E-state index contributed by atoms with van der Waals surface area (Å²) in [6.45, 7) is 2.00. The molecule has 4 heteroatoms. The van der Waals surface area contributed by atoms with Crippen LogP contribution in [0.4, 0.5) is 5.69 Å². The molecule has 0 amide bonds. The van der Waals surface area contributed by atoms with E-state index in [9.17, 15) is 0 Å². The van der Waals surface area contributed by atoms with Crippen molar-refractivity contribution in [2.24, 2.45) is 0 Å². The molecule has 100 valence electrons. The number of nitrogens with two attached hydrogens (primary N) is 1. The molecule has 0 fully saturated rings. The van der Waals surface area contributed by atoms with Crippen LogP contribution in [-0.4, -0.2) is 10.1 Å². The van der Waals surface area contributed by atoms with Crippen molar-refractivity contribution in [1.29, 1.82) is 0 Å². The highest BCUT2D eigenvalue weighted by Crippen LogP contribution is 2.25. The second kappa shape index (κ2) is 5.17. The predicted octanol–water partition coefficient (Wildman–Crippen LogP) is 3.22.